The summed E-state index contributed by atoms with van der Waals surface area (Å²) in [4.78, 5) is 0. The molecule has 0 bridgehead atoms. The summed E-state index contributed by atoms with van der Waals surface area (Å²) in [6, 6.07) is 0. The van der Waals surface area contributed by atoms with Gasteiger partial charge in [-0.2, -0.15) is 11.8 Å². The minimum atomic E-state index is 1.33. The number of rotatable bonds is 30. The zero-order chi connectivity index (χ0) is 23.9. The first-order valence-electron chi connectivity index (χ1n) is 15.8. The van der Waals surface area contributed by atoms with E-state index in [1.54, 1.807) is 0 Å². The summed E-state index contributed by atoms with van der Waals surface area (Å²) in [5.74, 6) is 3.86. The summed E-state index contributed by atoms with van der Waals surface area (Å²) in [6.45, 7) is 4.61. The van der Waals surface area contributed by atoms with Crippen LogP contribution in [-0.2, 0) is 0 Å². The van der Waals surface area contributed by atoms with E-state index in [2.05, 4.69) is 31.4 Å². The molecule has 0 aromatic heterocycles. The Labute approximate surface area is 216 Å². The topological polar surface area (TPSA) is 0 Å². The summed E-state index contributed by atoms with van der Waals surface area (Å²) in [5, 5.41) is 0. The molecule has 0 saturated heterocycles. The molecule has 1 heteroatoms. The largest absolute Gasteiger partial charge is 0.157 e. The van der Waals surface area contributed by atoms with Gasteiger partial charge in [0.25, 0.3) is 0 Å². The lowest BCUT2D eigenvalue weighted by molar-refractivity contribution is 0.527. The Morgan fingerprint density at radius 1 is 0.333 bits per heavy atom. The molecule has 0 spiro atoms. The summed E-state index contributed by atoms with van der Waals surface area (Å²) in [5.41, 5.74) is 0. The summed E-state index contributed by atoms with van der Waals surface area (Å²) in [7, 11) is 0. The van der Waals surface area contributed by atoms with Gasteiger partial charge < -0.3 is 0 Å². The minimum absolute atomic E-state index is 1.33. The van der Waals surface area contributed by atoms with Crippen molar-refractivity contribution in [1.29, 1.82) is 0 Å². The number of hydrogen-bond donors (Lipinski definition) is 0. The van der Waals surface area contributed by atoms with Gasteiger partial charge in [0.05, 0.1) is 0 Å². The van der Waals surface area contributed by atoms with E-state index in [1.807, 2.05) is 0 Å². The Kier molecular flexibility index (Phi) is 32.7. The maximum absolute atomic E-state index is 2.50. The minimum Gasteiger partial charge on any atom is -0.157 e. The van der Waals surface area contributed by atoms with Crippen LogP contribution >= 0.6 is 11.8 Å². The zero-order valence-corrected chi connectivity index (χ0v) is 24.3. The van der Waals surface area contributed by atoms with Gasteiger partial charge in [0.1, 0.15) is 0 Å². The predicted molar refractivity (Wildman–Crippen MR) is 157 cm³/mol. The van der Waals surface area contributed by atoms with Gasteiger partial charge in [-0.15, -0.1) is 0 Å². The predicted octanol–water partition coefficient (Wildman–Crippen LogP) is 12.8. The highest BCUT2D eigenvalue weighted by Gasteiger charge is 1.97. The first-order valence-corrected chi connectivity index (χ1v) is 16.9. The Morgan fingerprint density at radius 3 is 0.939 bits per heavy atom. The Hall–Kier alpha value is 0.350. The van der Waals surface area contributed by atoms with Crippen molar-refractivity contribution in [3.63, 3.8) is 0 Å². The van der Waals surface area contributed by atoms with E-state index in [-0.39, 0.29) is 0 Å². The van der Waals surface area contributed by atoms with Crippen molar-refractivity contribution in [2.24, 2.45) is 0 Å². The molecular formula is C32H65S. The monoisotopic (exact) mass is 481 g/mol. The quantitative estimate of drug-likeness (QED) is 0.0919. The lowest BCUT2D eigenvalue weighted by Crippen LogP contribution is -1.85. The van der Waals surface area contributed by atoms with E-state index in [4.69, 9.17) is 0 Å². The normalized spacial score (nSPS) is 11.5. The Bertz CT molecular complexity index is 284. The van der Waals surface area contributed by atoms with Gasteiger partial charge in [-0.1, -0.05) is 181 Å². The molecule has 0 aliphatic rings. The second-order valence-electron chi connectivity index (χ2n) is 10.7. The summed E-state index contributed by atoms with van der Waals surface area (Å²) in [6.07, 6.45) is 40.8. The molecule has 0 unspecified atom stereocenters. The van der Waals surface area contributed by atoms with E-state index in [1.165, 1.54) is 186 Å². The molecule has 0 nitrogen and oxygen atoms in total. The molecule has 199 valence electrons. The molecule has 0 aliphatic carbocycles. The first-order chi connectivity index (χ1) is 16.4. The molecule has 0 aromatic carbocycles. The highest BCUT2D eigenvalue weighted by atomic mass is 32.2. The van der Waals surface area contributed by atoms with E-state index in [0.29, 0.717) is 0 Å². The maximum atomic E-state index is 2.50. The molecule has 1 radical (unpaired) electrons. The molecule has 0 N–H and O–H groups in total. The molecule has 0 aromatic rings. The zero-order valence-electron chi connectivity index (χ0n) is 23.5. The number of thioether (sulfide) groups is 1. The smallest absolute Gasteiger partial charge is 0.0166 e. The average molecular weight is 482 g/mol. The lowest BCUT2D eigenvalue weighted by atomic mass is 10.0. The number of hydrogen-bond acceptors (Lipinski definition) is 1. The SMILES string of the molecule is CCCCCCCCCCCCCCCCCCC[CH]SCCCCCCCCCCCC. The summed E-state index contributed by atoms with van der Waals surface area (Å²) >= 11 is 2.09. The van der Waals surface area contributed by atoms with Crippen molar-refractivity contribution in [3.8, 4) is 0 Å². The third kappa shape index (κ3) is 32.4. The molecule has 0 rings (SSSR count). The second-order valence-corrected chi connectivity index (χ2v) is 11.7. The van der Waals surface area contributed by atoms with Gasteiger partial charge in [-0.05, 0) is 18.6 Å². The van der Waals surface area contributed by atoms with E-state index in [0.717, 1.165) is 0 Å². The van der Waals surface area contributed by atoms with Crippen molar-refractivity contribution in [2.45, 2.75) is 194 Å². The van der Waals surface area contributed by atoms with Crippen molar-refractivity contribution < 1.29 is 0 Å². The average Bonchev–Trinajstić information content (AvgIpc) is 2.83. The second kappa shape index (κ2) is 32.4. The Balaban J connectivity index is 2.99. The van der Waals surface area contributed by atoms with Crippen LogP contribution in [0, 0.1) is 5.75 Å². The van der Waals surface area contributed by atoms with Gasteiger partial charge in [0.15, 0.2) is 0 Å². The highest BCUT2D eigenvalue weighted by molar-refractivity contribution is 8.01. The fraction of sp³-hybridized carbons (Fsp3) is 0.969. The molecule has 0 aliphatic heterocycles. The fourth-order valence-corrected chi connectivity index (χ4v) is 5.66. The molecule has 0 amide bonds. The summed E-state index contributed by atoms with van der Waals surface area (Å²) < 4.78 is 0. The van der Waals surface area contributed by atoms with Gasteiger partial charge in [-0.3, -0.25) is 0 Å². The standard InChI is InChI=1S/C32H65S/c1-3-5-7-9-11-13-15-16-17-18-19-20-21-22-24-26-28-30-32-33-31-29-27-25-23-14-12-10-8-6-4-2/h32H,3-31H2,1-2H3. The van der Waals surface area contributed by atoms with Crippen molar-refractivity contribution in [2.75, 3.05) is 5.75 Å². The Morgan fingerprint density at radius 2 is 0.606 bits per heavy atom. The molecule has 33 heavy (non-hydrogen) atoms. The van der Waals surface area contributed by atoms with Crippen LogP contribution in [0.15, 0.2) is 0 Å². The molecular weight excluding hydrogens is 416 g/mol. The van der Waals surface area contributed by atoms with Crippen LogP contribution in [0.2, 0.25) is 0 Å². The number of unbranched alkanes of at least 4 members (excludes halogenated alkanes) is 26. The van der Waals surface area contributed by atoms with Crippen LogP contribution in [0.4, 0.5) is 0 Å². The van der Waals surface area contributed by atoms with Gasteiger partial charge in [0, 0.05) is 5.75 Å². The van der Waals surface area contributed by atoms with E-state index in [9.17, 15) is 0 Å². The molecule has 0 atom stereocenters. The van der Waals surface area contributed by atoms with E-state index >= 15 is 0 Å². The van der Waals surface area contributed by atoms with Crippen LogP contribution in [0.5, 0.6) is 0 Å². The van der Waals surface area contributed by atoms with Crippen LogP contribution in [0.25, 0.3) is 0 Å². The first kappa shape index (κ1) is 33.4. The lowest BCUT2D eigenvalue weighted by Gasteiger charge is -2.04. The highest BCUT2D eigenvalue weighted by Crippen LogP contribution is 2.18. The van der Waals surface area contributed by atoms with Crippen LogP contribution < -0.4 is 0 Å². The van der Waals surface area contributed by atoms with E-state index < -0.39 is 0 Å². The third-order valence-corrected chi connectivity index (χ3v) is 8.15. The third-order valence-electron chi connectivity index (χ3n) is 7.16. The van der Waals surface area contributed by atoms with Crippen molar-refractivity contribution >= 4 is 11.8 Å². The van der Waals surface area contributed by atoms with Crippen molar-refractivity contribution in [1.82, 2.24) is 0 Å². The van der Waals surface area contributed by atoms with Gasteiger partial charge >= 0.3 is 0 Å². The van der Waals surface area contributed by atoms with Crippen LogP contribution in [0.1, 0.15) is 194 Å². The maximum Gasteiger partial charge on any atom is 0.0166 e. The van der Waals surface area contributed by atoms with Gasteiger partial charge in [-0.25, -0.2) is 0 Å². The van der Waals surface area contributed by atoms with Crippen LogP contribution in [0.3, 0.4) is 0 Å². The molecule has 0 fully saturated rings. The van der Waals surface area contributed by atoms with Gasteiger partial charge in [0.2, 0.25) is 0 Å². The fourth-order valence-electron chi connectivity index (χ4n) is 4.79. The molecule has 0 heterocycles. The van der Waals surface area contributed by atoms with Crippen LogP contribution in [-0.4, -0.2) is 5.75 Å². The van der Waals surface area contributed by atoms with Crippen molar-refractivity contribution in [3.05, 3.63) is 5.75 Å². The molecule has 0 saturated carbocycles.